The van der Waals surface area contributed by atoms with Crippen LogP contribution in [-0.2, 0) is 10.0 Å². The second-order valence-corrected chi connectivity index (χ2v) is 8.98. The Balaban J connectivity index is 1.73. The molecule has 0 aliphatic heterocycles. The highest BCUT2D eigenvalue weighted by atomic mass is 32.2. The van der Waals surface area contributed by atoms with Gasteiger partial charge in [-0.2, -0.15) is 13.9 Å². The number of nitrogens with one attached hydrogen (secondary N) is 2. The number of nitrogens with zero attached hydrogens (tertiary/aromatic N) is 1. The fraction of sp³-hybridized carbons (Fsp3) is 0.100. The van der Waals surface area contributed by atoms with Gasteiger partial charge in [0, 0.05) is 0 Å². The molecule has 0 bridgehead atoms. The van der Waals surface area contributed by atoms with Crippen molar-refractivity contribution in [1.29, 1.82) is 0 Å². The van der Waals surface area contributed by atoms with E-state index < -0.39 is 22.5 Å². The lowest BCUT2D eigenvalue weighted by Crippen LogP contribution is -2.22. The van der Waals surface area contributed by atoms with Crippen LogP contribution in [0.15, 0.2) is 75.4 Å². The van der Waals surface area contributed by atoms with Crippen LogP contribution >= 0.6 is 11.3 Å². The SMILES string of the molecule is C/C(=N/NC(=O)c1ccccc1NS(=O)(=O)c1cccs1)c1ccc(OC(F)F)cc1. The van der Waals surface area contributed by atoms with E-state index in [1.54, 1.807) is 30.5 Å². The number of halogens is 2. The van der Waals surface area contributed by atoms with Crippen LogP contribution in [0.3, 0.4) is 0 Å². The minimum atomic E-state index is -3.83. The van der Waals surface area contributed by atoms with Crippen LogP contribution in [-0.4, -0.2) is 26.6 Å². The third kappa shape index (κ3) is 5.86. The summed E-state index contributed by atoms with van der Waals surface area (Å²) in [6.07, 6.45) is 0. The summed E-state index contributed by atoms with van der Waals surface area (Å²) in [7, 11) is -3.83. The number of para-hydroxylation sites is 1. The maximum atomic E-state index is 12.6. The number of hydrogen-bond donors (Lipinski definition) is 2. The third-order valence-electron chi connectivity index (χ3n) is 4.00. The van der Waals surface area contributed by atoms with E-state index in [9.17, 15) is 22.0 Å². The van der Waals surface area contributed by atoms with Gasteiger partial charge in [0.25, 0.3) is 15.9 Å². The van der Waals surface area contributed by atoms with Crippen LogP contribution in [0.1, 0.15) is 22.8 Å². The molecule has 3 aromatic rings. The van der Waals surface area contributed by atoms with Crippen LogP contribution in [0, 0.1) is 0 Å². The van der Waals surface area contributed by atoms with Gasteiger partial charge < -0.3 is 4.74 Å². The molecule has 0 saturated heterocycles. The normalized spacial score (nSPS) is 11.9. The molecule has 1 amide bonds. The van der Waals surface area contributed by atoms with Gasteiger partial charge >= 0.3 is 6.61 Å². The molecule has 0 radical (unpaired) electrons. The Morgan fingerprint density at radius 1 is 1.06 bits per heavy atom. The second kappa shape index (κ2) is 9.67. The first-order valence-corrected chi connectivity index (χ1v) is 11.2. The molecule has 0 spiro atoms. The molecule has 0 aliphatic rings. The topological polar surface area (TPSA) is 96.9 Å². The van der Waals surface area contributed by atoms with Gasteiger partial charge in [-0.25, -0.2) is 13.8 Å². The average molecular weight is 466 g/mol. The highest BCUT2D eigenvalue weighted by molar-refractivity contribution is 7.94. The zero-order valence-electron chi connectivity index (χ0n) is 16.1. The van der Waals surface area contributed by atoms with E-state index in [1.807, 2.05) is 0 Å². The number of sulfonamides is 1. The summed E-state index contributed by atoms with van der Waals surface area (Å²) in [5, 5.41) is 5.64. The molecule has 2 N–H and O–H groups in total. The van der Waals surface area contributed by atoms with Crippen LogP contribution < -0.4 is 14.9 Å². The largest absolute Gasteiger partial charge is 0.435 e. The maximum Gasteiger partial charge on any atom is 0.387 e. The van der Waals surface area contributed by atoms with Gasteiger partial charge in [-0.15, -0.1) is 11.3 Å². The Morgan fingerprint density at radius 3 is 2.42 bits per heavy atom. The molecule has 0 saturated carbocycles. The van der Waals surface area contributed by atoms with E-state index >= 15 is 0 Å². The van der Waals surface area contributed by atoms with Crippen molar-refractivity contribution in [3.8, 4) is 5.75 Å². The number of hydrazone groups is 1. The van der Waals surface area contributed by atoms with Crippen molar-refractivity contribution in [2.75, 3.05) is 4.72 Å². The number of alkyl halides is 2. The van der Waals surface area contributed by atoms with E-state index in [2.05, 4.69) is 20.0 Å². The summed E-state index contributed by atoms with van der Waals surface area (Å²) in [4.78, 5) is 12.6. The number of benzene rings is 2. The smallest absolute Gasteiger partial charge is 0.387 e. The Hall–Kier alpha value is -3.31. The average Bonchev–Trinajstić information content (AvgIpc) is 3.28. The fourth-order valence-corrected chi connectivity index (χ4v) is 4.59. The predicted molar refractivity (Wildman–Crippen MR) is 114 cm³/mol. The van der Waals surface area contributed by atoms with E-state index in [4.69, 9.17) is 0 Å². The van der Waals surface area contributed by atoms with Crippen molar-refractivity contribution in [3.63, 3.8) is 0 Å². The minimum absolute atomic E-state index is 0.00235. The maximum absolute atomic E-state index is 12.6. The summed E-state index contributed by atoms with van der Waals surface area (Å²) in [6.45, 7) is -1.30. The summed E-state index contributed by atoms with van der Waals surface area (Å²) < 4.78 is 56.2. The third-order valence-corrected chi connectivity index (χ3v) is 6.76. The van der Waals surface area contributed by atoms with Crippen LogP contribution in [0.5, 0.6) is 5.75 Å². The molecule has 162 valence electrons. The Bertz CT molecular complexity index is 1180. The number of thiophene rings is 1. The quantitative estimate of drug-likeness (QED) is 0.383. The summed E-state index contributed by atoms with van der Waals surface area (Å²) >= 11 is 1.06. The highest BCUT2D eigenvalue weighted by Crippen LogP contribution is 2.23. The molecule has 11 heteroatoms. The van der Waals surface area contributed by atoms with Gasteiger partial charge in [0.2, 0.25) is 0 Å². The Labute approximate surface area is 181 Å². The Kier molecular flexibility index (Phi) is 6.98. The standard InChI is InChI=1S/C20H17F2N3O4S2/c1-13(14-8-10-15(11-9-14)29-20(21)22)23-24-19(26)16-5-2-3-6-17(16)25-31(27,28)18-7-4-12-30-18/h2-12,20,25H,1H3,(H,24,26)/b23-13-. The van der Waals surface area contributed by atoms with Gasteiger partial charge in [-0.1, -0.05) is 18.2 Å². The number of amides is 1. The van der Waals surface area contributed by atoms with Crippen molar-refractivity contribution in [2.45, 2.75) is 17.7 Å². The van der Waals surface area contributed by atoms with E-state index in [0.29, 0.717) is 11.3 Å². The van der Waals surface area contributed by atoms with Gasteiger partial charge in [0.1, 0.15) is 9.96 Å². The number of hydrogen-bond acceptors (Lipinski definition) is 6. The van der Waals surface area contributed by atoms with E-state index in [0.717, 1.165) is 11.3 Å². The molecule has 0 aliphatic carbocycles. The van der Waals surface area contributed by atoms with Gasteiger partial charge in [-0.05, 0) is 60.3 Å². The number of anilines is 1. The lowest BCUT2D eigenvalue weighted by molar-refractivity contribution is -0.0498. The van der Waals surface area contributed by atoms with E-state index in [1.165, 1.54) is 42.5 Å². The molecule has 1 aromatic heterocycles. The van der Waals surface area contributed by atoms with Crippen molar-refractivity contribution < 1.29 is 26.7 Å². The zero-order valence-corrected chi connectivity index (χ0v) is 17.7. The first-order valence-electron chi connectivity index (χ1n) is 8.81. The predicted octanol–water partition coefficient (Wildman–Crippen LogP) is 4.30. The van der Waals surface area contributed by atoms with Crippen LogP contribution in [0.25, 0.3) is 0 Å². The first kappa shape index (κ1) is 22.4. The molecule has 1 heterocycles. The van der Waals surface area contributed by atoms with E-state index in [-0.39, 0.29) is 21.2 Å². The molecule has 31 heavy (non-hydrogen) atoms. The van der Waals surface area contributed by atoms with Crippen molar-refractivity contribution in [3.05, 3.63) is 77.2 Å². The summed E-state index contributed by atoms with van der Waals surface area (Å²) in [6, 6.07) is 15.0. The number of ether oxygens (including phenoxy) is 1. The molecular weight excluding hydrogens is 448 g/mol. The first-order chi connectivity index (χ1) is 14.8. The fourth-order valence-electron chi connectivity index (χ4n) is 2.52. The van der Waals surface area contributed by atoms with Crippen LogP contribution in [0.4, 0.5) is 14.5 Å². The molecule has 0 atom stereocenters. The molecule has 7 nitrogen and oxygen atoms in total. The second-order valence-electron chi connectivity index (χ2n) is 6.12. The lowest BCUT2D eigenvalue weighted by Gasteiger charge is -2.11. The lowest BCUT2D eigenvalue weighted by atomic mass is 10.1. The monoisotopic (exact) mass is 465 g/mol. The summed E-state index contributed by atoms with van der Waals surface area (Å²) in [5.41, 5.74) is 3.55. The minimum Gasteiger partial charge on any atom is -0.435 e. The van der Waals surface area contributed by atoms with Crippen LogP contribution in [0.2, 0.25) is 0 Å². The zero-order chi connectivity index (χ0) is 22.4. The van der Waals surface area contributed by atoms with Crippen molar-refractivity contribution >= 4 is 38.7 Å². The van der Waals surface area contributed by atoms with Gasteiger partial charge in [0.05, 0.1) is 17.0 Å². The van der Waals surface area contributed by atoms with Gasteiger partial charge in [-0.3, -0.25) is 9.52 Å². The van der Waals surface area contributed by atoms with Crippen molar-refractivity contribution in [1.82, 2.24) is 5.43 Å². The molecule has 3 rings (SSSR count). The molecule has 2 aromatic carbocycles. The molecule has 0 fully saturated rings. The molecular formula is C20H17F2N3O4S2. The highest BCUT2D eigenvalue weighted by Gasteiger charge is 2.19. The number of rotatable bonds is 8. The number of carbonyl (C=O) groups is 1. The Morgan fingerprint density at radius 2 is 1.77 bits per heavy atom. The molecule has 0 unspecified atom stereocenters. The number of carbonyl (C=O) groups excluding carboxylic acids is 1. The summed E-state index contributed by atoms with van der Waals surface area (Å²) in [5.74, 6) is -0.621. The van der Waals surface area contributed by atoms with Gasteiger partial charge in [0.15, 0.2) is 0 Å². The van der Waals surface area contributed by atoms with Crippen molar-refractivity contribution in [2.24, 2.45) is 5.10 Å².